The van der Waals surface area contributed by atoms with E-state index in [1.807, 2.05) is 0 Å². The molecule has 0 aromatic heterocycles. The van der Waals surface area contributed by atoms with E-state index in [1.54, 1.807) is 0 Å². The van der Waals surface area contributed by atoms with Gasteiger partial charge < -0.3 is 0 Å². The van der Waals surface area contributed by atoms with Crippen LogP contribution in [0, 0.1) is 0 Å². The van der Waals surface area contributed by atoms with Crippen molar-refractivity contribution in [2.45, 2.75) is 6.54 Å². The second-order valence-corrected chi connectivity index (χ2v) is 3.99. The summed E-state index contributed by atoms with van der Waals surface area (Å²) in [4.78, 5) is 2.43. The van der Waals surface area contributed by atoms with E-state index >= 15 is 0 Å². The average molecular weight is 205 g/mol. The molecule has 74 valence electrons. The molecule has 2 heteroatoms. The van der Waals surface area contributed by atoms with Gasteiger partial charge in [0, 0.05) is 25.4 Å². The van der Waals surface area contributed by atoms with Crippen LogP contribution in [0.5, 0.6) is 0 Å². The van der Waals surface area contributed by atoms with E-state index in [2.05, 4.69) is 53.9 Å². The van der Waals surface area contributed by atoms with Gasteiger partial charge in [-0.2, -0.15) is 12.6 Å². The van der Waals surface area contributed by atoms with Crippen molar-refractivity contribution in [3.05, 3.63) is 47.5 Å². The van der Waals surface area contributed by atoms with Gasteiger partial charge in [0.2, 0.25) is 0 Å². The molecule has 1 nitrogen and oxygen atoms in total. The fourth-order valence-corrected chi connectivity index (χ4v) is 1.98. The Bertz CT molecular complexity index is 318. The van der Waals surface area contributed by atoms with Gasteiger partial charge in [-0.25, -0.2) is 0 Å². The lowest BCUT2D eigenvalue weighted by Crippen LogP contribution is -2.20. The van der Waals surface area contributed by atoms with Crippen molar-refractivity contribution < 1.29 is 0 Å². The van der Waals surface area contributed by atoms with E-state index in [0.29, 0.717) is 0 Å². The second kappa shape index (κ2) is 4.67. The van der Waals surface area contributed by atoms with Crippen LogP contribution in [-0.2, 0) is 6.54 Å². The first-order valence-electron chi connectivity index (χ1n) is 4.93. The topological polar surface area (TPSA) is 3.24 Å². The molecule has 14 heavy (non-hydrogen) atoms. The molecule has 0 atom stereocenters. The van der Waals surface area contributed by atoms with Crippen LogP contribution in [0.4, 0.5) is 0 Å². The fraction of sp³-hybridized carbons (Fsp3) is 0.333. The molecule has 2 rings (SSSR count). The number of thiol groups is 1. The molecule has 0 saturated heterocycles. The first-order valence-corrected chi connectivity index (χ1v) is 5.57. The molecule has 1 heterocycles. The molecule has 0 saturated carbocycles. The van der Waals surface area contributed by atoms with Crippen LogP contribution in [-0.4, -0.2) is 23.7 Å². The Morgan fingerprint density at radius 3 is 2.64 bits per heavy atom. The lowest BCUT2D eigenvalue weighted by Gasteiger charge is -2.15. The zero-order chi connectivity index (χ0) is 9.80. The number of nitrogens with zero attached hydrogens (tertiary/aromatic N) is 1. The maximum Gasteiger partial charge on any atom is 0.0240 e. The predicted molar refractivity (Wildman–Crippen MR) is 63.7 cm³/mol. The zero-order valence-corrected chi connectivity index (χ0v) is 9.08. The fourth-order valence-electron chi connectivity index (χ4n) is 1.75. The highest BCUT2D eigenvalue weighted by molar-refractivity contribution is 7.80. The summed E-state index contributed by atoms with van der Waals surface area (Å²) in [5, 5.41) is 0. The Labute approximate surface area is 90.8 Å². The highest BCUT2D eigenvalue weighted by Gasteiger charge is 2.12. The number of benzene rings is 1. The van der Waals surface area contributed by atoms with Gasteiger partial charge >= 0.3 is 0 Å². The molecule has 0 aliphatic carbocycles. The maximum absolute atomic E-state index is 4.29. The summed E-state index contributed by atoms with van der Waals surface area (Å²) in [5.41, 5.74) is 2.84. The SMILES string of the molecule is SCC1=CCN(Cc2ccccc2)C1. The lowest BCUT2D eigenvalue weighted by atomic mass is 10.2. The van der Waals surface area contributed by atoms with Gasteiger partial charge in [0.25, 0.3) is 0 Å². The summed E-state index contributed by atoms with van der Waals surface area (Å²) in [7, 11) is 0. The minimum Gasteiger partial charge on any atom is -0.291 e. The molecular weight excluding hydrogens is 190 g/mol. The van der Waals surface area contributed by atoms with E-state index in [-0.39, 0.29) is 0 Å². The standard InChI is InChI=1S/C12H15NS/c14-10-12-6-7-13(9-12)8-11-4-2-1-3-5-11/h1-6,14H,7-10H2. The van der Waals surface area contributed by atoms with Crippen molar-refractivity contribution >= 4 is 12.6 Å². The Balaban J connectivity index is 1.90. The molecule has 1 aliphatic heterocycles. The van der Waals surface area contributed by atoms with Crippen LogP contribution in [0.1, 0.15) is 5.56 Å². The summed E-state index contributed by atoms with van der Waals surface area (Å²) >= 11 is 4.29. The summed E-state index contributed by atoms with van der Waals surface area (Å²) in [6, 6.07) is 10.6. The third-order valence-electron chi connectivity index (χ3n) is 2.52. The number of rotatable bonds is 3. The molecule has 0 bridgehead atoms. The Kier molecular flexibility index (Phi) is 3.27. The maximum atomic E-state index is 4.29. The number of hydrogen-bond acceptors (Lipinski definition) is 2. The van der Waals surface area contributed by atoms with Crippen LogP contribution >= 0.6 is 12.6 Å². The molecule has 0 radical (unpaired) electrons. The quantitative estimate of drug-likeness (QED) is 0.585. The summed E-state index contributed by atoms with van der Waals surface area (Å²) in [6.45, 7) is 3.21. The third-order valence-corrected chi connectivity index (χ3v) is 2.92. The Hall–Kier alpha value is -0.730. The molecule has 0 amide bonds. The van der Waals surface area contributed by atoms with Gasteiger partial charge in [-0.3, -0.25) is 4.90 Å². The molecule has 1 aromatic rings. The number of hydrogen-bond donors (Lipinski definition) is 1. The minimum absolute atomic E-state index is 0.894. The molecule has 0 N–H and O–H groups in total. The zero-order valence-electron chi connectivity index (χ0n) is 8.19. The van der Waals surface area contributed by atoms with Gasteiger partial charge in [0.1, 0.15) is 0 Å². The van der Waals surface area contributed by atoms with Crippen molar-refractivity contribution in [3.63, 3.8) is 0 Å². The first kappa shape index (κ1) is 9.81. The van der Waals surface area contributed by atoms with Crippen LogP contribution in [0.2, 0.25) is 0 Å². The minimum atomic E-state index is 0.894. The van der Waals surface area contributed by atoms with Crippen LogP contribution in [0.15, 0.2) is 42.0 Å². The highest BCUT2D eigenvalue weighted by atomic mass is 32.1. The van der Waals surface area contributed by atoms with E-state index in [1.165, 1.54) is 11.1 Å². The summed E-state index contributed by atoms with van der Waals surface area (Å²) in [5.74, 6) is 0.894. The van der Waals surface area contributed by atoms with Crippen molar-refractivity contribution in [2.24, 2.45) is 0 Å². The molecule has 0 fully saturated rings. The second-order valence-electron chi connectivity index (χ2n) is 3.68. The summed E-state index contributed by atoms with van der Waals surface area (Å²) in [6.07, 6.45) is 2.29. The molecular formula is C12H15NS. The van der Waals surface area contributed by atoms with Gasteiger partial charge in [-0.1, -0.05) is 36.4 Å². The molecule has 1 aliphatic rings. The van der Waals surface area contributed by atoms with Crippen LogP contribution in [0.25, 0.3) is 0 Å². The van der Waals surface area contributed by atoms with Crippen molar-refractivity contribution in [1.29, 1.82) is 0 Å². The highest BCUT2D eigenvalue weighted by Crippen LogP contribution is 2.13. The molecule has 1 aromatic carbocycles. The predicted octanol–water partition coefficient (Wildman–Crippen LogP) is 2.36. The molecule has 0 spiro atoms. The van der Waals surface area contributed by atoms with E-state index in [4.69, 9.17) is 0 Å². The van der Waals surface area contributed by atoms with E-state index in [0.717, 1.165) is 25.4 Å². The normalized spacial score (nSPS) is 17.1. The third kappa shape index (κ3) is 2.40. The lowest BCUT2D eigenvalue weighted by molar-refractivity contribution is 0.341. The van der Waals surface area contributed by atoms with Crippen molar-refractivity contribution in [2.75, 3.05) is 18.8 Å². The van der Waals surface area contributed by atoms with Gasteiger partial charge in [0.15, 0.2) is 0 Å². The largest absolute Gasteiger partial charge is 0.291 e. The van der Waals surface area contributed by atoms with Crippen LogP contribution in [0.3, 0.4) is 0 Å². The van der Waals surface area contributed by atoms with Gasteiger partial charge in [-0.15, -0.1) is 0 Å². The smallest absolute Gasteiger partial charge is 0.0240 e. The monoisotopic (exact) mass is 205 g/mol. The van der Waals surface area contributed by atoms with Gasteiger partial charge in [-0.05, 0) is 11.1 Å². The van der Waals surface area contributed by atoms with Gasteiger partial charge in [0.05, 0.1) is 0 Å². The van der Waals surface area contributed by atoms with E-state index in [9.17, 15) is 0 Å². The average Bonchev–Trinajstić information content (AvgIpc) is 2.67. The van der Waals surface area contributed by atoms with Crippen LogP contribution < -0.4 is 0 Å². The molecule has 0 unspecified atom stereocenters. The van der Waals surface area contributed by atoms with E-state index < -0.39 is 0 Å². The Morgan fingerprint density at radius 1 is 1.21 bits per heavy atom. The van der Waals surface area contributed by atoms with Crippen molar-refractivity contribution in [3.8, 4) is 0 Å². The summed E-state index contributed by atoms with van der Waals surface area (Å²) < 4.78 is 0. The first-order chi connectivity index (χ1) is 6.88. The Morgan fingerprint density at radius 2 is 2.00 bits per heavy atom. The van der Waals surface area contributed by atoms with Crippen molar-refractivity contribution in [1.82, 2.24) is 4.90 Å².